The van der Waals surface area contributed by atoms with Crippen LogP contribution in [-0.2, 0) is 5.41 Å². The van der Waals surface area contributed by atoms with Gasteiger partial charge in [0.2, 0.25) is 0 Å². The fourth-order valence-corrected chi connectivity index (χ4v) is 3.05. The molecule has 0 heteroatoms. The molecule has 0 atom stereocenters. The van der Waals surface area contributed by atoms with Crippen molar-refractivity contribution in [3.8, 4) is 0 Å². The van der Waals surface area contributed by atoms with Crippen LogP contribution >= 0.6 is 0 Å². The average molecular weight is 286 g/mol. The van der Waals surface area contributed by atoms with Gasteiger partial charge in [0.1, 0.15) is 0 Å². The van der Waals surface area contributed by atoms with E-state index in [-0.39, 0.29) is 5.41 Å². The SMILES string of the molecule is Cc1ccc(C(C)(c2ccccc2)c2ccc(C)cc2)cc1. The zero-order valence-electron chi connectivity index (χ0n) is 13.5. The van der Waals surface area contributed by atoms with Crippen LogP contribution in [0.1, 0.15) is 34.7 Å². The zero-order chi connectivity index (χ0) is 15.6. The lowest BCUT2D eigenvalue weighted by Crippen LogP contribution is -2.25. The predicted octanol–water partition coefficient (Wildman–Crippen LogP) is 5.66. The first-order valence-electron chi connectivity index (χ1n) is 7.80. The molecule has 3 aromatic carbocycles. The van der Waals surface area contributed by atoms with E-state index in [9.17, 15) is 0 Å². The molecule has 3 aromatic rings. The minimum atomic E-state index is -0.136. The van der Waals surface area contributed by atoms with Crippen LogP contribution in [0.4, 0.5) is 0 Å². The van der Waals surface area contributed by atoms with Gasteiger partial charge in [-0.15, -0.1) is 0 Å². The molecule has 0 bridgehead atoms. The standard InChI is InChI=1S/C22H22/c1-17-9-13-20(14-10-17)22(3,19-7-5-4-6-8-19)21-15-11-18(2)12-16-21/h4-16H,1-3H3. The Balaban J connectivity index is 2.22. The third-order valence-electron chi connectivity index (χ3n) is 4.61. The van der Waals surface area contributed by atoms with Crippen molar-refractivity contribution in [1.29, 1.82) is 0 Å². The highest BCUT2D eigenvalue weighted by atomic mass is 14.3. The van der Waals surface area contributed by atoms with E-state index in [1.165, 1.54) is 27.8 Å². The van der Waals surface area contributed by atoms with Crippen LogP contribution < -0.4 is 0 Å². The molecular weight excluding hydrogens is 264 g/mol. The van der Waals surface area contributed by atoms with Gasteiger partial charge in [-0.1, -0.05) is 90.0 Å². The molecule has 0 amide bonds. The maximum Gasteiger partial charge on any atom is 0.0423 e. The third-order valence-corrected chi connectivity index (χ3v) is 4.61. The Morgan fingerprint density at radius 2 is 0.864 bits per heavy atom. The van der Waals surface area contributed by atoms with Crippen LogP contribution in [0.5, 0.6) is 0 Å². The normalized spacial score (nSPS) is 11.4. The molecule has 110 valence electrons. The summed E-state index contributed by atoms with van der Waals surface area (Å²) in [5.41, 5.74) is 6.43. The smallest absolute Gasteiger partial charge is 0.0423 e. The third kappa shape index (κ3) is 2.57. The van der Waals surface area contributed by atoms with Crippen molar-refractivity contribution in [2.24, 2.45) is 0 Å². The maximum absolute atomic E-state index is 2.32. The summed E-state index contributed by atoms with van der Waals surface area (Å²) in [6.07, 6.45) is 0. The second kappa shape index (κ2) is 5.81. The molecule has 0 aliphatic heterocycles. The van der Waals surface area contributed by atoms with Crippen molar-refractivity contribution in [3.63, 3.8) is 0 Å². The molecule has 0 aromatic heterocycles. The summed E-state index contributed by atoms with van der Waals surface area (Å²) < 4.78 is 0. The summed E-state index contributed by atoms with van der Waals surface area (Å²) in [7, 11) is 0. The number of hydrogen-bond donors (Lipinski definition) is 0. The molecule has 0 saturated carbocycles. The van der Waals surface area contributed by atoms with Crippen LogP contribution in [0.25, 0.3) is 0 Å². The summed E-state index contributed by atoms with van der Waals surface area (Å²) >= 11 is 0. The topological polar surface area (TPSA) is 0 Å². The fourth-order valence-electron chi connectivity index (χ4n) is 3.05. The number of benzene rings is 3. The zero-order valence-corrected chi connectivity index (χ0v) is 13.5. The number of aryl methyl sites for hydroxylation is 2. The molecule has 0 saturated heterocycles. The predicted molar refractivity (Wildman–Crippen MR) is 94.4 cm³/mol. The van der Waals surface area contributed by atoms with E-state index in [1.807, 2.05) is 0 Å². The van der Waals surface area contributed by atoms with Crippen LogP contribution in [0.2, 0.25) is 0 Å². The lowest BCUT2D eigenvalue weighted by molar-refractivity contribution is 0.692. The largest absolute Gasteiger partial charge is 0.0622 e. The molecule has 0 nitrogen and oxygen atoms in total. The van der Waals surface area contributed by atoms with E-state index in [0.29, 0.717) is 0 Å². The van der Waals surface area contributed by atoms with E-state index < -0.39 is 0 Å². The first kappa shape index (κ1) is 14.6. The molecular formula is C22H22. The lowest BCUT2D eigenvalue weighted by atomic mass is 9.71. The fraction of sp³-hybridized carbons (Fsp3) is 0.182. The van der Waals surface area contributed by atoms with Crippen molar-refractivity contribution in [2.75, 3.05) is 0 Å². The molecule has 22 heavy (non-hydrogen) atoms. The van der Waals surface area contributed by atoms with E-state index in [0.717, 1.165) is 0 Å². The highest BCUT2D eigenvalue weighted by Gasteiger charge is 2.30. The van der Waals surface area contributed by atoms with Gasteiger partial charge in [-0.25, -0.2) is 0 Å². The van der Waals surface area contributed by atoms with Crippen molar-refractivity contribution < 1.29 is 0 Å². The van der Waals surface area contributed by atoms with Crippen LogP contribution in [-0.4, -0.2) is 0 Å². The second-order valence-corrected chi connectivity index (χ2v) is 6.22. The lowest BCUT2D eigenvalue weighted by Gasteiger charge is -2.32. The van der Waals surface area contributed by atoms with E-state index in [4.69, 9.17) is 0 Å². The molecule has 0 aliphatic carbocycles. The van der Waals surface area contributed by atoms with Crippen molar-refractivity contribution in [3.05, 3.63) is 107 Å². The van der Waals surface area contributed by atoms with E-state index in [2.05, 4.69) is 99.6 Å². The molecule has 0 radical (unpaired) electrons. The molecule has 0 heterocycles. The molecule has 0 aliphatic rings. The molecule has 3 rings (SSSR count). The Bertz CT molecular complexity index is 689. The van der Waals surface area contributed by atoms with Gasteiger partial charge < -0.3 is 0 Å². The Morgan fingerprint density at radius 3 is 1.27 bits per heavy atom. The summed E-state index contributed by atoms with van der Waals surface area (Å²) in [6, 6.07) is 28.6. The summed E-state index contributed by atoms with van der Waals surface area (Å²) in [5, 5.41) is 0. The van der Waals surface area contributed by atoms with Crippen molar-refractivity contribution in [2.45, 2.75) is 26.2 Å². The Kier molecular flexibility index (Phi) is 3.85. The monoisotopic (exact) mass is 286 g/mol. The van der Waals surface area contributed by atoms with Gasteiger partial charge in [0, 0.05) is 5.41 Å². The Hall–Kier alpha value is -2.34. The maximum atomic E-state index is 2.32. The quantitative estimate of drug-likeness (QED) is 0.545. The van der Waals surface area contributed by atoms with Gasteiger partial charge >= 0.3 is 0 Å². The highest BCUT2D eigenvalue weighted by molar-refractivity contribution is 5.50. The van der Waals surface area contributed by atoms with Gasteiger partial charge in [0.15, 0.2) is 0 Å². The van der Waals surface area contributed by atoms with Crippen LogP contribution in [0.15, 0.2) is 78.9 Å². The Labute approximate surface area is 133 Å². The highest BCUT2D eigenvalue weighted by Crippen LogP contribution is 2.38. The van der Waals surface area contributed by atoms with E-state index in [1.54, 1.807) is 0 Å². The summed E-state index contributed by atoms with van der Waals surface area (Å²) in [5.74, 6) is 0. The van der Waals surface area contributed by atoms with Gasteiger partial charge in [0.05, 0.1) is 0 Å². The minimum Gasteiger partial charge on any atom is -0.0622 e. The van der Waals surface area contributed by atoms with Gasteiger partial charge in [-0.05, 0) is 37.5 Å². The van der Waals surface area contributed by atoms with Gasteiger partial charge in [0.25, 0.3) is 0 Å². The molecule has 0 spiro atoms. The van der Waals surface area contributed by atoms with Crippen LogP contribution in [0.3, 0.4) is 0 Å². The molecule has 0 fully saturated rings. The number of rotatable bonds is 3. The average Bonchev–Trinajstić information content (AvgIpc) is 2.56. The van der Waals surface area contributed by atoms with Gasteiger partial charge in [-0.3, -0.25) is 0 Å². The second-order valence-electron chi connectivity index (χ2n) is 6.22. The van der Waals surface area contributed by atoms with Crippen molar-refractivity contribution in [1.82, 2.24) is 0 Å². The van der Waals surface area contributed by atoms with Crippen molar-refractivity contribution >= 4 is 0 Å². The molecule has 0 unspecified atom stereocenters. The summed E-state index contributed by atoms with van der Waals surface area (Å²) in [6.45, 7) is 6.59. The van der Waals surface area contributed by atoms with E-state index >= 15 is 0 Å². The summed E-state index contributed by atoms with van der Waals surface area (Å²) in [4.78, 5) is 0. The molecule has 0 N–H and O–H groups in total. The van der Waals surface area contributed by atoms with Gasteiger partial charge in [-0.2, -0.15) is 0 Å². The minimum absolute atomic E-state index is 0.136. The number of hydrogen-bond acceptors (Lipinski definition) is 0. The first-order valence-corrected chi connectivity index (χ1v) is 7.80. The first-order chi connectivity index (χ1) is 10.6. The van der Waals surface area contributed by atoms with Crippen LogP contribution in [0, 0.1) is 13.8 Å². The Morgan fingerprint density at radius 1 is 0.500 bits per heavy atom.